The van der Waals surface area contributed by atoms with Crippen LogP contribution in [0.1, 0.15) is 26.3 Å². The van der Waals surface area contributed by atoms with Gasteiger partial charge in [-0.3, -0.25) is 14.4 Å². The van der Waals surface area contributed by atoms with Crippen LogP contribution in [-0.2, 0) is 15.9 Å². The van der Waals surface area contributed by atoms with Gasteiger partial charge in [0.15, 0.2) is 5.81 Å². The molecule has 0 fully saturated rings. The third-order valence-corrected chi connectivity index (χ3v) is 3.69. The summed E-state index contributed by atoms with van der Waals surface area (Å²) in [5.74, 6) is -1.04. The van der Waals surface area contributed by atoms with Crippen molar-refractivity contribution in [3.63, 3.8) is 0 Å². The maximum absolute atomic E-state index is 12.3. The summed E-state index contributed by atoms with van der Waals surface area (Å²) in [6.45, 7) is 5.28. The monoisotopic (exact) mass is 329 g/mol. The maximum Gasteiger partial charge on any atom is 0.246 e. The quantitative estimate of drug-likeness (QED) is 0.597. The van der Waals surface area contributed by atoms with Gasteiger partial charge in [-0.25, -0.2) is 0 Å². The van der Waals surface area contributed by atoms with Gasteiger partial charge >= 0.3 is 0 Å². The van der Waals surface area contributed by atoms with Crippen molar-refractivity contribution in [3.05, 3.63) is 29.8 Å². The van der Waals surface area contributed by atoms with Gasteiger partial charge in [0.2, 0.25) is 19.7 Å². The molecule has 1 unspecified atom stereocenters. The van der Waals surface area contributed by atoms with E-state index in [1.54, 1.807) is 6.92 Å². The summed E-state index contributed by atoms with van der Waals surface area (Å²) in [7, 11) is 3.42. The van der Waals surface area contributed by atoms with Crippen molar-refractivity contribution in [1.82, 2.24) is 10.6 Å². The highest BCUT2D eigenvalue weighted by Crippen LogP contribution is 2.10. The third-order valence-electron chi connectivity index (χ3n) is 3.69. The normalized spacial score (nSPS) is 13.0. The van der Waals surface area contributed by atoms with Gasteiger partial charge in [-0.15, -0.1) is 0 Å². The van der Waals surface area contributed by atoms with Crippen molar-refractivity contribution >= 4 is 39.0 Å². The lowest BCUT2D eigenvalue weighted by Crippen LogP contribution is -2.53. The van der Waals surface area contributed by atoms with Gasteiger partial charge in [0.1, 0.15) is 19.9 Å². The molecule has 128 valence electrons. The average molecular weight is 329 g/mol. The van der Waals surface area contributed by atoms with Crippen molar-refractivity contribution in [3.8, 4) is 0 Å². The van der Waals surface area contributed by atoms with Crippen LogP contribution in [0.2, 0.25) is 0 Å². The zero-order valence-electron chi connectivity index (χ0n) is 15.0. The Kier molecular flexibility index (Phi) is 7.55. The van der Waals surface area contributed by atoms with E-state index in [2.05, 4.69) is 23.8 Å². The minimum atomic E-state index is -0.710. The van der Waals surface area contributed by atoms with Gasteiger partial charge < -0.3 is 16.0 Å². The zero-order valence-corrected chi connectivity index (χ0v) is 15.0. The van der Waals surface area contributed by atoms with Crippen LogP contribution in [0.25, 0.3) is 0 Å². The van der Waals surface area contributed by atoms with Gasteiger partial charge in [0.25, 0.3) is 0 Å². The van der Waals surface area contributed by atoms with E-state index in [0.29, 0.717) is 5.69 Å². The number of anilines is 1. The molecule has 0 aliphatic carbocycles. The Labute approximate surface area is 145 Å². The molecule has 1 rings (SSSR count). The summed E-state index contributed by atoms with van der Waals surface area (Å²) in [5.41, 5.74) is 1.87. The number of carbonyl (C=O) groups is 3. The molecular formula is C16H25B2N3O3. The molecule has 0 heterocycles. The van der Waals surface area contributed by atoms with E-state index < -0.39 is 12.1 Å². The fourth-order valence-corrected chi connectivity index (χ4v) is 2.20. The second-order valence-electron chi connectivity index (χ2n) is 6.19. The zero-order chi connectivity index (χ0) is 18.3. The summed E-state index contributed by atoms with van der Waals surface area (Å²) in [6, 6.07) is 6.19. The second-order valence-corrected chi connectivity index (χ2v) is 6.19. The fourth-order valence-electron chi connectivity index (χ4n) is 2.20. The van der Waals surface area contributed by atoms with E-state index in [4.69, 9.17) is 0 Å². The third kappa shape index (κ3) is 6.10. The van der Waals surface area contributed by atoms with E-state index in [9.17, 15) is 14.4 Å². The molecule has 0 saturated heterocycles. The van der Waals surface area contributed by atoms with Gasteiger partial charge in [0.05, 0.1) is 0 Å². The number of hydrogen-bond donors (Lipinski definition) is 3. The summed E-state index contributed by atoms with van der Waals surface area (Å²) in [4.78, 5) is 35.7. The van der Waals surface area contributed by atoms with Crippen LogP contribution in [0.3, 0.4) is 0 Å². The number of benzene rings is 1. The van der Waals surface area contributed by atoms with Crippen molar-refractivity contribution in [1.29, 1.82) is 0 Å². The van der Waals surface area contributed by atoms with Gasteiger partial charge in [-0.05, 0) is 25.0 Å². The molecule has 3 amide bonds. The second kappa shape index (κ2) is 9.15. The Bertz CT molecular complexity index is 591. The number of nitrogens with one attached hydrogen (secondary N) is 3. The van der Waals surface area contributed by atoms with Crippen molar-refractivity contribution in [2.45, 2.75) is 39.2 Å². The lowest BCUT2D eigenvalue weighted by Gasteiger charge is -2.23. The highest BCUT2D eigenvalue weighted by molar-refractivity contribution is 6.57. The van der Waals surface area contributed by atoms with Gasteiger partial charge in [-0.1, -0.05) is 37.9 Å². The van der Waals surface area contributed by atoms with Gasteiger partial charge in [-0.2, -0.15) is 0 Å². The number of carbonyl (C=O) groups excluding carboxylic acids is 3. The molecule has 24 heavy (non-hydrogen) atoms. The molecule has 0 spiro atoms. The minimum absolute atomic E-state index is 0.0780. The topological polar surface area (TPSA) is 87.3 Å². The lowest BCUT2D eigenvalue weighted by molar-refractivity contribution is -0.128. The van der Waals surface area contributed by atoms with E-state index in [0.717, 1.165) is 6.32 Å². The van der Waals surface area contributed by atoms with Crippen LogP contribution in [0, 0.1) is 5.92 Å². The van der Waals surface area contributed by atoms with E-state index >= 15 is 0 Å². The van der Waals surface area contributed by atoms with Crippen LogP contribution in [0.15, 0.2) is 24.3 Å². The predicted molar refractivity (Wildman–Crippen MR) is 101 cm³/mol. The number of amides is 3. The molecule has 0 aliphatic rings. The summed E-state index contributed by atoms with van der Waals surface area (Å²) in [6.07, 6.45) is 0.931. The first-order valence-corrected chi connectivity index (χ1v) is 8.21. The minimum Gasteiger partial charge on any atom is -0.353 e. The lowest BCUT2D eigenvalue weighted by atomic mass is 9.97. The van der Waals surface area contributed by atoms with Crippen LogP contribution in [0.5, 0.6) is 0 Å². The summed E-state index contributed by atoms with van der Waals surface area (Å²) in [5, 5.41) is 8.01. The Morgan fingerprint density at radius 3 is 2.04 bits per heavy atom. The molecule has 3 N–H and O–H groups in total. The summed E-state index contributed by atoms with van der Waals surface area (Å²) >= 11 is 0. The largest absolute Gasteiger partial charge is 0.353 e. The molecule has 0 aromatic heterocycles. The van der Waals surface area contributed by atoms with E-state index in [1.807, 2.05) is 38.1 Å². The van der Waals surface area contributed by atoms with Gasteiger partial charge in [0, 0.05) is 5.69 Å². The molecule has 0 aliphatic heterocycles. The number of hydrogen-bond acceptors (Lipinski definition) is 3. The van der Waals surface area contributed by atoms with Crippen molar-refractivity contribution in [2.24, 2.45) is 5.92 Å². The van der Waals surface area contributed by atoms with Crippen LogP contribution in [0.4, 0.5) is 10.5 Å². The average Bonchev–Trinajstić information content (AvgIpc) is 2.52. The molecule has 1 aromatic rings. The molecule has 1 aromatic carbocycles. The van der Waals surface area contributed by atoms with Crippen LogP contribution >= 0.6 is 0 Å². The van der Waals surface area contributed by atoms with E-state index in [1.165, 1.54) is 13.4 Å². The Morgan fingerprint density at radius 2 is 1.58 bits per heavy atom. The highest BCUT2D eigenvalue weighted by Gasteiger charge is 2.25. The maximum atomic E-state index is 12.3. The Morgan fingerprint density at radius 1 is 1.00 bits per heavy atom. The molecule has 0 bridgehead atoms. The molecule has 2 atom stereocenters. The SMILES string of the molecule is BCc1ccc(NC(=O)[C@H](C)NC(=O)C(NC(B)=O)C(C)C)cc1. The molecule has 6 nitrogen and oxygen atoms in total. The summed E-state index contributed by atoms with van der Waals surface area (Å²) < 4.78 is 0. The smallest absolute Gasteiger partial charge is 0.246 e. The molecule has 8 heteroatoms. The van der Waals surface area contributed by atoms with Crippen LogP contribution in [-0.4, -0.2) is 45.4 Å². The Balaban J connectivity index is 2.64. The molecule has 0 saturated carbocycles. The first kappa shape index (κ1) is 19.8. The number of rotatable bonds is 7. The van der Waals surface area contributed by atoms with Crippen molar-refractivity contribution < 1.29 is 14.4 Å². The highest BCUT2D eigenvalue weighted by atomic mass is 16.2. The Hall–Kier alpha value is -2.24. The fraction of sp³-hybridized carbons (Fsp3) is 0.438. The van der Waals surface area contributed by atoms with Crippen molar-refractivity contribution in [2.75, 3.05) is 5.32 Å². The predicted octanol–water partition coefficient (Wildman–Crippen LogP) is -0.370. The van der Waals surface area contributed by atoms with E-state index in [-0.39, 0.29) is 23.5 Å². The molecule has 0 radical (unpaired) electrons. The first-order valence-electron chi connectivity index (χ1n) is 8.21. The van der Waals surface area contributed by atoms with Crippen LogP contribution < -0.4 is 16.0 Å². The molecular weight excluding hydrogens is 304 g/mol. The standard InChI is InChI=1S/C16H25B2N3O3/c1-9(2)13(21-16(18)24)15(23)19-10(3)14(22)20-12-6-4-11(8-17)5-7-12/h4-7,9-10,13H,8,17-18H2,1-3H3,(H,19,23)(H,20,22)(H,21,24)/t10-,13?/m0/s1. The first-order chi connectivity index (χ1) is 11.2.